The van der Waals surface area contributed by atoms with Crippen molar-refractivity contribution in [1.82, 2.24) is 14.3 Å². The van der Waals surface area contributed by atoms with Gasteiger partial charge in [0, 0.05) is 32.0 Å². The lowest BCUT2D eigenvalue weighted by Gasteiger charge is -2.14. The van der Waals surface area contributed by atoms with Crippen LogP contribution in [0.4, 0.5) is 13.2 Å². The summed E-state index contributed by atoms with van der Waals surface area (Å²) in [6, 6.07) is 2.96. The predicted octanol–water partition coefficient (Wildman–Crippen LogP) is 2.29. The summed E-state index contributed by atoms with van der Waals surface area (Å²) in [6.45, 7) is -1.11. The molecule has 108 valence electrons. The molecule has 0 bridgehead atoms. The highest BCUT2D eigenvalue weighted by atomic mass is 19.3. The van der Waals surface area contributed by atoms with Crippen LogP contribution in [0.25, 0.3) is 5.65 Å². The van der Waals surface area contributed by atoms with E-state index in [9.17, 15) is 13.2 Å². The van der Waals surface area contributed by atoms with Crippen LogP contribution in [-0.2, 0) is 11.3 Å². The summed E-state index contributed by atoms with van der Waals surface area (Å²) in [4.78, 5) is 6.20. The summed E-state index contributed by atoms with van der Waals surface area (Å²) in [5.41, 5.74) is 0.995. The van der Waals surface area contributed by atoms with Crippen LogP contribution in [-0.4, -0.2) is 40.1 Å². The van der Waals surface area contributed by atoms with Gasteiger partial charge in [-0.2, -0.15) is 8.78 Å². The Hall–Kier alpha value is -1.60. The smallest absolute Gasteiger partial charge is 0.318 e. The van der Waals surface area contributed by atoms with E-state index in [0.29, 0.717) is 31.7 Å². The SMILES string of the molecule is Fc1cccn2cc(CN3CC[C@H](OC(F)F)C3)nc12. The van der Waals surface area contributed by atoms with Gasteiger partial charge in [-0.1, -0.05) is 0 Å². The molecule has 0 radical (unpaired) electrons. The third-order valence-corrected chi connectivity index (χ3v) is 3.40. The van der Waals surface area contributed by atoms with Gasteiger partial charge in [-0.05, 0) is 18.6 Å². The number of nitrogens with zero attached hydrogens (tertiary/aromatic N) is 3. The highest BCUT2D eigenvalue weighted by Gasteiger charge is 2.26. The molecular formula is C13H14F3N3O. The molecule has 0 amide bonds. The zero-order valence-corrected chi connectivity index (χ0v) is 10.7. The Morgan fingerprint density at radius 1 is 1.45 bits per heavy atom. The average molecular weight is 285 g/mol. The first-order valence-electron chi connectivity index (χ1n) is 6.40. The molecule has 20 heavy (non-hydrogen) atoms. The van der Waals surface area contributed by atoms with Crippen LogP contribution in [0.15, 0.2) is 24.5 Å². The van der Waals surface area contributed by atoms with E-state index in [1.54, 1.807) is 22.9 Å². The second-order valence-corrected chi connectivity index (χ2v) is 4.86. The summed E-state index contributed by atoms with van der Waals surface area (Å²) < 4.78 is 43.9. The number of alkyl halides is 2. The topological polar surface area (TPSA) is 29.8 Å². The minimum atomic E-state index is -2.73. The molecule has 4 nitrogen and oxygen atoms in total. The fourth-order valence-electron chi connectivity index (χ4n) is 2.53. The van der Waals surface area contributed by atoms with Gasteiger partial charge in [0.15, 0.2) is 11.5 Å². The minimum Gasteiger partial charge on any atom is -0.318 e. The Labute approximate surface area is 113 Å². The van der Waals surface area contributed by atoms with Crippen molar-refractivity contribution in [3.63, 3.8) is 0 Å². The molecule has 1 fully saturated rings. The maximum absolute atomic E-state index is 13.5. The number of halogens is 3. The number of imidazole rings is 1. The first-order valence-corrected chi connectivity index (χ1v) is 6.40. The van der Waals surface area contributed by atoms with Crippen molar-refractivity contribution in [3.8, 4) is 0 Å². The van der Waals surface area contributed by atoms with Gasteiger partial charge in [0.2, 0.25) is 0 Å². The van der Waals surface area contributed by atoms with Crippen molar-refractivity contribution in [1.29, 1.82) is 0 Å². The van der Waals surface area contributed by atoms with Crippen molar-refractivity contribution in [3.05, 3.63) is 36.0 Å². The van der Waals surface area contributed by atoms with Gasteiger partial charge in [0.25, 0.3) is 0 Å². The summed E-state index contributed by atoms with van der Waals surface area (Å²) in [7, 11) is 0. The molecule has 2 aromatic heterocycles. The maximum Gasteiger partial charge on any atom is 0.345 e. The van der Waals surface area contributed by atoms with Crippen LogP contribution >= 0.6 is 0 Å². The predicted molar refractivity (Wildman–Crippen MR) is 65.9 cm³/mol. The summed E-state index contributed by atoms with van der Waals surface area (Å²) in [5.74, 6) is -0.376. The summed E-state index contributed by atoms with van der Waals surface area (Å²) in [5, 5.41) is 0. The van der Waals surface area contributed by atoms with E-state index in [-0.39, 0.29) is 11.5 Å². The fraction of sp³-hybridized carbons (Fsp3) is 0.462. The molecule has 1 saturated heterocycles. The third-order valence-electron chi connectivity index (χ3n) is 3.40. The van der Waals surface area contributed by atoms with Gasteiger partial charge in [0.1, 0.15) is 0 Å². The van der Waals surface area contributed by atoms with Crippen LogP contribution in [0, 0.1) is 5.82 Å². The number of fused-ring (bicyclic) bond motifs is 1. The second kappa shape index (κ2) is 5.41. The molecule has 0 aliphatic carbocycles. The largest absolute Gasteiger partial charge is 0.345 e. The Morgan fingerprint density at radius 3 is 3.05 bits per heavy atom. The number of rotatable bonds is 4. The molecule has 1 atom stereocenters. The Morgan fingerprint density at radius 2 is 2.30 bits per heavy atom. The number of ether oxygens (including phenoxy) is 1. The highest BCUT2D eigenvalue weighted by Crippen LogP contribution is 2.18. The van der Waals surface area contributed by atoms with Gasteiger partial charge in [0.05, 0.1) is 11.8 Å². The molecule has 2 aromatic rings. The summed E-state index contributed by atoms with van der Waals surface area (Å²) in [6.07, 6.45) is 3.61. The van der Waals surface area contributed by atoms with Crippen LogP contribution in [0.2, 0.25) is 0 Å². The standard InChI is InChI=1S/C13H14F3N3O/c14-11-2-1-4-19-7-9(17-12(11)19)6-18-5-3-10(8-18)20-13(15)16/h1-2,4,7,10,13H,3,5-6,8H2/t10-/m0/s1. The van der Waals surface area contributed by atoms with E-state index in [1.165, 1.54) is 6.07 Å². The molecule has 0 N–H and O–H groups in total. The molecule has 7 heteroatoms. The lowest BCUT2D eigenvalue weighted by Crippen LogP contribution is -2.24. The van der Waals surface area contributed by atoms with E-state index in [0.717, 1.165) is 0 Å². The van der Waals surface area contributed by atoms with E-state index >= 15 is 0 Å². The zero-order valence-electron chi connectivity index (χ0n) is 10.7. The number of hydrogen-bond acceptors (Lipinski definition) is 3. The normalized spacial score (nSPS) is 20.3. The maximum atomic E-state index is 13.5. The van der Waals surface area contributed by atoms with Crippen LogP contribution in [0.3, 0.4) is 0 Å². The van der Waals surface area contributed by atoms with Crippen molar-refractivity contribution in [2.75, 3.05) is 13.1 Å². The van der Waals surface area contributed by atoms with E-state index in [1.807, 2.05) is 4.90 Å². The van der Waals surface area contributed by atoms with Gasteiger partial charge in [-0.15, -0.1) is 0 Å². The Balaban J connectivity index is 1.67. The first-order chi connectivity index (χ1) is 9.61. The Bertz CT molecular complexity index is 602. The molecule has 0 unspecified atom stereocenters. The number of pyridine rings is 1. The van der Waals surface area contributed by atoms with E-state index in [2.05, 4.69) is 9.72 Å². The van der Waals surface area contributed by atoms with Crippen molar-refractivity contribution in [2.45, 2.75) is 25.7 Å². The monoisotopic (exact) mass is 285 g/mol. The molecule has 0 aromatic carbocycles. The minimum absolute atomic E-state index is 0.280. The van der Waals surface area contributed by atoms with Crippen LogP contribution < -0.4 is 0 Å². The van der Waals surface area contributed by atoms with Gasteiger partial charge < -0.3 is 9.14 Å². The van der Waals surface area contributed by atoms with Crippen molar-refractivity contribution >= 4 is 5.65 Å². The first kappa shape index (κ1) is 13.4. The average Bonchev–Trinajstić information content (AvgIpc) is 2.96. The molecule has 1 aliphatic heterocycles. The van der Waals surface area contributed by atoms with Crippen LogP contribution in [0.5, 0.6) is 0 Å². The fourth-order valence-corrected chi connectivity index (χ4v) is 2.53. The third kappa shape index (κ3) is 2.78. The van der Waals surface area contributed by atoms with Gasteiger partial charge in [-0.3, -0.25) is 4.90 Å². The van der Waals surface area contributed by atoms with E-state index < -0.39 is 12.7 Å². The number of hydrogen-bond donors (Lipinski definition) is 0. The van der Waals surface area contributed by atoms with Crippen molar-refractivity contribution < 1.29 is 17.9 Å². The molecule has 3 rings (SSSR count). The number of likely N-dealkylation sites (tertiary alicyclic amines) is 1. The Kier molecular flexibility index (Phi) is 3.62. The molecule has 3 heterocycles. The zero-order chi connectivity index (χ0) is 14.1. The quantitative estimate of drug-likeness (QED) is 0.863. The molecule has 0 saturated carbocycles. The lowest BCUT2D eigenvalue weighted by atomic mass is 10.3. The van der Waals surface area contributed by atoms with E-state index in [4.69, 9.17) is 0 Å². The molecular weight excluding hydrogens is 271 g/mol. The van der Waals surface area contributed by atoms with Gasteiger partial charge in [-0.25, -0.2) is 9.37 Å². The molecule has 1 aliphatic rings. The number of aromatic nitrogens is 2. The molecule has 0 spiro atoms. The second-order valence-electron chi connectivity index (χ2n) is 4.86. The highest BCUT2D eigenvalue weighted by molar-refractivity contribution is 5.41. The lowest BCUT2D eigenvalue weighted by molar-refractivity contribution is -0.158. The summed E-state index contributed by atoms with van der Waals surface area (Å²) >= 11 is 0. The van der Waals surface area contributed by atoms with Gasteiger partial charge >= 0.3 is 6.61 Å². The van der Waals surface area contributed by atoms with Crippen LogP contribution in [0.1, 0.15) is 12.1 Å². The van der Waals surface area contributed by atoms with Crippen molar-refractivity contribution in [2.24, 2.45) is 0 Å².